The van der Waals surface area contributed by atoms with Crippen LogP contribution in [0.2, 0.25) is 0 Å². The minimum Gasteiger partial charge on any atom is -0.274 e. The summed E-state index contributed by atoms with van der Waals surface area (Å²) in [5.74, 6) is 0. The van der Waals surface area contributed by atoms with Gasteiger partial charge in [-0.1, -0.05) is 206 Å². The summed E-state index contributed by atoms with van der Waals surface area (Å²) in [6, 6.07) is 5.28. The number of fused-ring (bicyclic) bond motifs is 4. The van der Waals surface area contributed by atoms with Gasteiger partial charge < -0.3 is 0 Å². The molecule has 0 atom stereocenters. The predicted molar refractivity (Wildman–Crippen MR) is 289 cm³/mol. The Labute approximate surface area is 412 Å². The van der Waals surface area contributed by atoms with Gasteiger partial charge in [0.05, 0.1) is 43.1 Å². The summed E-state index contributed by atoms with van der Waals surface area (Å²) in [4.78, 5) is 108. The molecule has 0 saturated carbocycles. The molecule has 2 aromatic carbocycles. The lowest BCUT2D eigenvalue weighted by Crippen LogP contribution is -2.33. The second-order valence-electron chi connectivity index (χ2n) is 20.5. The molecular formula is C58H82N4O8. The number of nitrogens with zero attached hydrogens (tertiary/aromatic N) is 4. The molecule has 0 bridgehead atoms. The highest BCUT2D eigenvalue weighted by Crippen LogP contribution is 2.19. The van der Waals surface area contributed by atoms with Crippen molar-refractivity contribution >= 4 is 43.1 Å². The van der Waals surface area contributed by atoms with Gasteiger partial charge in [0.2, 0.25) is 0 Å². The fourth-order valence-electron chi connectivity index (χ4n) is 10.8. The van der Waals surface area contributed by atoms with Crippen LogP contribution < -0.4 is 44.5 Å². The Kier molecular flexibility index (Phi) is 21.8. The molecule has 0 unspecified atom stereocenters. The molecule has 12 heteroatoms. The van der Waals surface area contributed by atoms with E-state index in [-0.39, 0.29) is 69.3 Å². The summed E-state index contributed by atoms with van der Waals surface area (Å²) in [5, 5.41) is 0.328. The van der Waals surface area contributed by atoms with Crippen LogP contribution in [-0.2, 0) is 26.2 Å². The Morgan fingerprint density at radius 3 is 0.529 bits per heavy atom. The van der Waals surface area contributed by atoms with Crippen molar-refractivity contribution in [2.75, 3.05) is 0 Å². The number of unbranched alkanes of at least 4 members (excludes halogenated alkanes) is 30. The van der Waals surface area contributed by atoms with Crippen LogP contribution in [0.25, 0.3) is 43.1 Å². The van der Waals surface area contributed by atoms with Gasteiger partial charge in [-0.25, -0.2) is 0 Å². The average molecular weight is 963 g/mol. The maximum atomic E-state index is 13.6. The molecule has 0 aliphatic rings. The Bertz CT molecular complexity index is 2660. The fraction of sp³-hybridized carbons (Fsp3) is 0.655. The van der Waals surface area contributed by atoms with E-state index in [1.54, 1.807) is 0 Å². The maximum Gasteiger partial charge on any atom is 0.261 e. The van der Waals surface area contributed by atoms with Crippen LogP contribution in [0, 0.1) is 0 Å². The van der Waals surface area contributed by atoms with E-state index in [1.165, 1.54) is 187 Å². The molecule has 0 N–H and O–H groups in total. The van der Waals surface area contributed by atoms with Crippen molar-refractivity contribution in [1.29, 1.82) is 0 Å². The van der Waals surface area contributed by atoms with Crippen molar-refractivity contribution in [1.82, 2.24) is 18.3 Å². The lowest BCUT2D eigenvalue weighted by molar-refractivity contribution is 0.518. The smallest absolute Gasteiger partial charge is 0.261 e. The summed E-state index contributed by atoms with van der Waals surface area (Å²) in [6.45, 7) is 4.41. The van der Waals surface area contributed by atoms with Crippen LogP contribution >= 0.6 is 0 Å². The predicted octanol–water partition coefficient (Wildman–Crippen LogP) is 11.4. The fourth-order valence-corrected chi connectivity index (χ4v) is 10.8. The number of hydrogen-bond acceptors (Lipinski definition) is 8. The molecular weight excluding hydrogens is 881 g/mol. The third-order valence-electron chi connectivity index (χ3n) is 15.1. The number of hydrogen-bond donors (Lipinski definition) is 0. The van der Waals surface area contributed by atoms with Crippen molar-refractivity contribution < 1.29 is 0 Å². The number of rotatable bonds is 37. The molecule has 0 aliphatic heterocycles. The van der Waals surface area contributed by atoms with Crippen molar-refractivity contribution in [2.24, 2.45) is 0 Å². The number of benzene rings is 2. The molecule has 12 nitrogen and oxygen atoms in total. The van der Waals surface area contributed by atoms with Gasteiger partial charge >= 0.3 is 0 Å². The monoisotopic (exact) mass is 963 g/mol. The Balaban J connectivity index is 0.965. The van der Waals surface area contributed by atoms with Gasteiger partial charge in [-0.2, -0.15) is 0 Å². The first kappa shape index (κ1) is 54.3. The second kappa shape index (κ2) is 28.1. The Morgan fingerprint density at radius 2 is 0.357 bits per heavy atom. The van der Waals surface area contributed by atoms with Gasteiger partial charge in [-0.3, -0.25) is 56.6 Å². The highest BCUT2D eigenvalue weighted by molar-refractivity contribution is 5.99. The highest BCUT2D eigenvalue weighted by Gasteiger charge is 2.22. The van der Waals surface area contributed by atoms with Crippen LogP contribution in [0.15, 0.2) is 62.6 Å². The van der Waals surface area contributed by atoms with E-state index in [0.29, 0.717) is 12.8 Å². The molecule has 0 spiro atoms. The normalized spacial score (nSPS) is 12.1. The van der Waals surface area contributed by atoms with Crippen molar-refractivity contribution in [3.05, 3.63) is 107 Å². The summed E-state index contributed by atoms with van der Waals surface area (Å²) < 4.78 is 4.23. The molecule has 4 aromatic heterocycles. The maximum absolute atomic E-state index is 13.6. The lowest BCUT2D eigenvalue weighted by Gasteiger charge is -2.04. The molecule has 0 amide bonds. The zero-order valence-electron chi connectivity index (χ0n) is 42.8. The zero-order chi connectivity index (χ0) is 49.8. The quantitative estimate of drug-likeness (QED) is 0.0349. The van der Waals surface area contributed by atoms with Crippen molar-refractivity contribution in [2.45, 2.75) is 245 Å². The lowest BCUT2D eigenvalue weighted by atomic mass is 10.0. The van der Waals surface area contributed by atoms with Crippen molar-refractivity contribution in [3.63, 3.8) is 0 Å². The molecule has 6 aromatic rings. The molecule has 0 fully saturated rings. The minimum absolute atomic E-state index is 0.00545. The SMILES string of the molecule is CCCCCCCCCCCCCCCCCCn1c(=O)c2cc3c(=O)n(CCn4c(=O)c5cc6c(=O)n(CCCCCCCCCCCCCCCCCC)c(=O)c6cc5c4=O)c(=O)c3cc2c1=O. The van der Waals surface area contributed by atoms with Gasteiger partial charge in [0.15, 0.2) is 0 Å². The zero-order valence-corrected chi connectivity index (χ0v) is 42.8. The topological polar surface area (TPSA) is 156 Å². The third kappa shape index (κ3) is 13.9. The summed E-state index contributed by atoms with van der Waals surface area (Å²) in [6.07, 6.45) is 39.1. The molecule has 4 heterocycles. The molecule has 0 radical (unpaired) electrons. The summed E-state index contributed by atoms with van der Waals surface area (Å²) in [7, 11) is 0. The average Bonchev–Trinajstić information content (AvgIpc) is 3.93. The summed E-state index contributed by atoms with van der Waals surface area (Å²) >= 11 is 0. The Hall–Kier alpha value is -5.00. The first-order valence-corrected chi connectivity index (χ1v) is 27.9. The van der Waals surface area contributed by atoms with E-state index in [0.717, 1.165) is 47.7 Å². The molecule has 6 rings (SSSR count). The first-order valence-electron chi connectivity index (χ1n) is 27.9. The molecule has 0 saturated heterocycles. The van der Waals surface area contributed by atoms with Crippen molar-refractivity contribution in [3.8, 4) is 0 Å². The van der Waals surface area contributed by atoms with Gasteiger partial charge in [0, 0.05) is 26.2 Å². The van der Waals surface area contributed by atoms with E-state index in [4.69, 9.17) is 0 Å². The minimum atomic E-state index is -0.685. The van der Waals surface area contributed by atoms with Crippen LogP contribution in [0.3, 0.4) is 0 Å². The van der Waals surface area contributed by atoms with E-state index in [9.17, 15) is 38.4 Å². The van der Waals surface area contributed by atoms with Crippen LogP contribution in [0.5, 0.6) is 0 Å². The van der Waals surface area contributed by atoms with Crippen LogP contribution in [-0.4, -0.2) is 18.3 Å². The Morgan fingerprint density at radius 1 is 0.214 bits per heavy atom. The van der Waals surface area contributed by atoms with Gasteiger partial charge in [-0.15, -0.1) is 0 Å². The van der Waals surface area contributed by atoms with E-state index in [1.807, 2.05) is 0 Å². The largest absolute Gasteiger partial charge is 0.274 e. The molecule has 0 aliphatic carbocycles. The first-order chi connectivity index (χ1) is 34.1. The van der Waals surface area contributed by atoms with Crippen LogP contribution in [0.4, 0.5) is 0 Å². The molecule has 382 valence electrons. The van der Waals surface area contributed by atoms with E-state index >= 15 is 0 Å². The van der Waals surface area contributed by atoms with E-state index in [2.05, 4.69) is 13.8 Å². The van der Waals surface area contributed by atoms with Gasteiger partial charge in [0.1, 0.15) is 0 Å². The number of aromatic nitrogens is 4. The standard InChI is InChI=1S/C58H82N4O8/c1-3-5-7-9-11-13-15-17-19-21-23-25-27-29-31-33-35-59-51(63)43-39-47-48(40-44(43)52(59)64)56(68)61(55(47)67)37-38-62-57(69)49-41-45-46(42-50(49)58(62)70)54(66)60(53(45)65)36-34-32-30-28-26-24-22-20-18-16-14-12-10-8-6-4-2/h39-42H,3-38H2,1-2H3. The van der Waals surface area contributed by atoms with Gasteiger partial charge in [0.25, 0.3) is 44.5 Å². The van der Waals surface area contributed by atoms with Gasteiger partial charge in [-0.05, 0) is 37.1 Å². The summed E-state index contributed by atoms with van der Waals surface area (Å²) in [5.41, 5.74) is -4.68. The highest BCUT2D eigenvalue weighted by atomic mass is 16.2. The molecule has 70 heavy (non-hydrogen) atoms. The second-order valence-corrected chi connectivity index (χ2v) is 20.5. The van der Waals surface area contributed by atoms with E-state index < -0.39 is 44.5 Å². The third-order valence-corrected chi connectivity index (χ3v) is 15.1. The van der Waals surface area contributed by atoms with Crippen LogP contribution in [0.1, 0.15) is 219 Å².